The van der Waals surface area contributed by atoms with Crippen molar-refractivity contribution in [1.29, 1.82) is 0 Å². The lowest BCUT2D eigenvalue weighted by atomic mass is 10.1. The van der Waals surface area contributed by atoms with Gasteiger partial charge in [-0.1, -0.05) is 12.1 Å². The van der Waals surface area contributed by atoms with Gasteiger partial charge in [-0.25, -0.2) is 4.39 Å². The molecule has 0 saturated carbocycles. The topological polar surface area (TPSA) is 38.0 Å². The van der Waals surface area contributed by atoms with Crippen LogP contribution in [0.5, 0.6) is 0 Å². The number of aliphatic hydroxyl groups excluding tert-OH is 1. The second-order valence-electron chi connectivity index (χ2n) is 4.19. The van der Waals surface area contributed by atoms with Crippen LogP contribution in [0.3, 0.4) is 0 Å². The fraction of sp³-hybridized carbons (Fsp3) is 0.308. The van der Waals surface area contributed by atoms with E-state index in [1.54, 1.807) is 35.1 Å². The van der Waals surface area contributed by atoms with Crippen LogP contribution < -0.4 is 0 Å². The number of aromatic nitrogens is 2. The van der Waals surface area contributed by atoms with E-state index in [0.717, 1.165) is 5.69 Å². The molecule has 0 amide bonds. The van der Waals surface area contributed by atoms with Gasteiger partial charge in [0, 0.05) is 23.4 Å². The molecule has 0 radical (unpaired) electrons. The minimum atomic E-state index is -0.377. The number of benzene rings is 1. The molecular weight excluding hydrogens is 219 g/mol. The van der Waals surface area contributed by atoms with Gasteiger partial charge in [0.2, 0.25) is 0 Å². The van der Waals surface area contributed by atoms with Crippen molar-refractivity contribution in [3.63, 3.8) is 0 Å². The zero-order valence-electron chi connectivity index (χ0n) is 9.89. The standard InChI is InChI=1S/C13H15FN2O/c1-9(2)16-12(6-7-15-16)11-5-3-4-10(8-17)13(11)14/h3-7,9,17H,8H2,1-2H3. The quantitative estimate of drug-likeness (QED) is 0.886. The Morgan fingerprint density at radius 2 is 2.12 bits per heavy atom. The summed E-state index contributed by atoms with van der Waals surface area (Å²) in [5.41, 5.74) is 1.51. The number of nitrogens with zero attached hydrogens (tertiary/aromatic N) is 2. The third-order valence-corrected chi connectivity index (χ3v) is 2.68. The first-order chi connectivity index (χ1) is 8.15. The molecule has 0 unspecified atom stereocenters. The highest BCUT2D eigenvalue weighted by atomic mass is 19.1. The second-order valence-corrected chi connectivity index (χ2v) is 4.19. The summed E-state index contributed by atoms with van der Waals surface area (Å²) in [6.45, 7) is 3.68. The average molecular weight is 234 g/mol. The molecule has 3 nitrogen and oxygen atoms in total. The van der Waals surface area contributed by atoms with E-state index in [1.807, 2.05) is 13.8 Å². The van der Waals surface area contributed by atoms with Crippen molar-refractivity contribution in [2.75, 3.05) is 0 Å². The van der Waals surface area contributed by atoms with Crippen LogP contribution in [0.25, 0.3) is 11.3 Å². The van der Waals surface area contributed by atoms with Crippen molar-refractivity contribution in [2.24, 2.45) is 0 Å². The zero-order chi connectivity index (χ0) is 12.4. The van der Waals surface area contributed by atoms with Gasteiger partial charge < -0.3 is 5.11 Å². The zero-order valence-corrected chi connectivity index (χ0v) is 9.89. The summed E-state index contributed by atoms with van der Waals surface area (Å²) >= 11 is 0. The van der Waals surface area contributed by atoms with Crippen LogP contribution in [-0.2, 0) is 6.61 Å². The highest BCUT2D eigenvalue weighted by Gasteiger charge is 2.14. The Morgan fingerprint density at radius 1 is 1.35 bits per heavy atom. The van der Waals surface area contributed by atoms with Crippen LogP contribution >= 0.6 is 0 Å². The fourth-order valence-electron chi connectivity index (χ4n) is 1.84. The van der Waals surface area contributed by atoms with E-state index in [4.69, 9.17) is 5.11 Å². The minimum absolute atomic E-state index is 0.164. The molecule has 0 fully saturated rings. The Balaban J connectivity index is 2.57. The Morgan fingerprint density at radius 3 is 2.76 bits per heavy atom. The van der Waals surface area contributed by atoms with Crippen molar-refractivity contribution in [3.8, 4) is 11.3 Å². The number of hydrogen-bond acceptors (Lipinski definition) is 2. The number of hydrogen-bond donors (Lipinski definition) is 1. The lowest BCUT2D eigenvalue weighted by molar-refractivity contribution is 0.276. The first kappa shape index (κ1) is 11.8. The summed E-state index contributed by atoms with van der Waals surface area (Å²) in [5, 5.41) is 13.2. The van der Waals surface area contributed by atoms with Gasteiger partial charge >= 0.3 is 0 Å². The molecule has 4 heteroatoms. The van der Waals surface area contributed by atoms with Crippen molar-refractivity contribution in [3.05, 3.63) is 41.8 Å². The Bertz CT molecular complexity index is 520. The predicted molar refractivity (Wildman–Crippen MR) is 63.9 cm³/mol. The van der Waals surface area contributed by atoms with Crippen LogP contribution in [0, 0.1) is 5.82 Å². The lowest BCUT2D eigenvalue weighted by Gasteiger charge is -2.12. The molecule has 0 aliphatic carbocycles. The maximum absolute atomic E-state index is 14.1. The van der Waals surface area contributed by atoms with Crippen molar-refractivity contribution < 1.29 is 9.50 Å². The first-order valence-electron chi connectivity index (χ1n) is 5.57. The van der Waals surface area contributed by atoms with Gasteiger partial charge in [0.25, 0.3) is 0 Å². The largest absolute Gasteiger partial charge is 0.392 e. The van der Waals surface area contributed by atoms with Gasteiger partial charge in [-0.3, -0.25) is 4.68 Å². The summed E-state index contributed by atoms with van der Waals surface area (Å²) in [5.74, 6) is -0.377. The average Bonchev–Trinajstić information content (AvgIpc) is 2.78. The molecule has 1 aromatic heterocycles. The van der Waals surface area contributed by atoms with Gasteiger partial charge in [-0.15, -0.1) is 0 Å². The van der Waals surface area contributed by atoms with Crippen LogP contribution in [-0.4, -0.2) is 14.9 Å². The monoisotopic (exact) mass is 234 g/mol. The lowest BCUT2D eigenvalue weighted by Crippen LogP contribution is -2.06. The van der Waals surface area contributed by atoms with E-state index in [2.05, 4.69) is 5.10 Å². The maximum atomic E-state index is 14.1. The molecule has 1 aromatic carbocycles. The molecule has 0 saturated heterocycles. The van der Waals surface area contributed by atoms with E-state index in [9.17, 15) is 4.39 Å². The molecular formula is C13H15FN2O. The predicted octanol–water partition coefficient (Wildman–Crippen LogP) is 2.76. The van der Waals surface area contributed by atoms with E-state index < -0.39 is 0 Å². The SMILES string of the molecule is CC(C)n1nccc1-c1cccc(CO)c1F. The molecule has 2 aromatic rings. The second kappa shape index (κ2) is 4.67. The van der Waals surface area contributed by atoms with Crippen LogP contribution in [0.1, 0.15) is 25.5 Å². The van der Waals surface area contributed by atoms with Crippen LogP contribution in [0.2, 0.25) is 0 Å². The van der Waals surface area contributed by atoms with Gasteiger partial charge in [-0.05, 0) is 26.0 Å². The minimum Gasteiger partial charge on any atom is -0.392 e. The molecule has 0 aliphatic rings. The van der Waals surface area contributed by atoms with Crippen molar-refractivity contribution >= 4 is 0 Å². The van der Waals surface area contributed by atoms with Crippen molar-refractivity contribution in [2.45, 2.75) is 26.5 Å². The molecule has 0 aliphatic heterocycles. The van der Waals surface area contributed by atoms with E-state index >= 15 is 0 Å². The van der Waals surface area contributed by atoms with E-state index in [0.29, 0.717) is 11.1 Å². The summed E-state index contributed by atoms with van der Waals surface area (Å²) in [6.07, 6.45) is 1.65. The highest BCUT2D eigenvalue weighted by molar-refractivity contribution is 5.61. The summed E-state index contributed by atoms with van der Waals surface area (Å²) in [6, 6.07) is 6.96. The van der Waals surface area contributed by atoms with Gasteiger partial charge in [0.1, 0.15) is 5.82 Å². The number of halogens is 1. The molecule has 0 bridgehead atoms. The van der Waals surface area contributed by atoms with Gasteiger partial charge in [-0.2, -0.15) is 5.10 Å². The molecule has 0 spiro atoms. The summed E-state index contributed by atoms with van der Waals surface area (Å²) in [4.78, 5) is 0. The fourth-order valence-corrected chi connectivity index (χ4v) is 1.84. The molecule has 1 heterocycles. The first-order valence-corrected chi connectivity index (χ1v) is 5.57. The normalized spacial score (nSPS) is 11.1. The molecule has 2 rings (SSSR count). The smallest absolute Gasteiger partial charge is 0.138 e. The third kappa shape index (κ3) is 2.08. The van der Waals surface area contributed by atoms with Crippen LogP contribution in [0.15, 0.2) is 30.5 Å². The van der Waals surface area contributed by atoms with Crippen molar-refractivity contribution in [1.82, 2.24) is 9.78 Å². The molecule has 0 atom stereocenters. The molecule has 90 valence electrons. The maximum Gasteiger partial charge on any atom is 0.138 e. The summed E-state index contributed by atoms with van der Waals surface area (Å²) in [7, 11) is 0. The Labute approximate surface area is 99.5 Å². The van der Waals surface area contributed by atoms with E-state index in [-0.39, 0.29) is 18.5 Å². The molecule has 17 heavy (non-hydrogen) atoms. The Kier molecular flexibility index (Phi) is 3.24. The van der Waals surface area contributed by atoms with Gasteiger partial charge in [0.15, 0.2) is 0 Å². The summed E-state index contributed by atoms with van der Waals surface area (Å²) < 4.78 is 15.8. The Hall–Kier alpha value is -1.68. The van der Waals surface area contributed by atoms with E-state index in [1.165, 1.54) is 0 Å². The number of aliphatic hydroxyl groups is 1. The molecule has 1 N–H and O–H groups in total. The third-order valence-electron chi connectivity index (χ3n) is 2.68. The van der Waals surface area contributed by atoms with Gasteiger partial charge in [0.05, 0.1) is 12.3 Å². The van der Waals surface area contributed by atoms with Crippen LogP contribution in [0.4, 0.5) is 4.39 Å². The number of rotatable bonds is 3. The highest BCUT2D eigenvalue weighted by Crippen LogP contribution is 2.26.